The average Bonchev–Trinajstić information content (AvgIpc) is 1.65. The molecule has 0 amide bonds. The lowest BCUT2D eigenvalue weighted by Gasteiger charge is -2.25. The molecule has 0 aliphatic heterocycles. The first kappa shape index (κ1) is 6.09. The zero-order chi connectivity index (χ0) is 6.04. The van der Waals surface area contributed by atoms with Crippen LogP contribution in [0.5, 0.6) is 0 Å². The van der Waals surface area contributed by atoms with Crippen molar-refractivity contribution in [1.29, 1.82) is 0 Å². The maximum atomic E-state index is 9.37. The van der Waals surface area contributed by atoms with E-state index in [1.165, 1.54) is 19.3 Å². The van der Waals surface area contributed by atoms with Crippen LogP contribution in [0.1, 0.15) is 39.0 Å². The fraction of sp³-hybridized carbons (Fsp3) is 1.00. The van der Waals surface area contributed by atoms with Crippen LogP contribution in [0, 0.1) is 0 Å². The summed E-state index contributed by atoms with van der Waals surface area (Å²) >= 11 is 0. The van der Waals surface area contributed by atoms with Crippen molar-refractivity contribution in [3.05, 3.63) is 0 Å². The largest absolute Gasteiger partial charge is 0.138 e. The molecule has 1 nitrogen and oxygen atoms in total. The summed E-state index contributed by atoms with van der Waals surface area (Å²) < 4.78 is 0. The van der Waals surface area contributed by atoms with Gasteiger partial charge in [-0.2, -0.15) is 0 Å². The van der Waals surface area contributed by atoms with Gasteiger partial charge in [0.15, 0.2) is 0 Å². The SMILES string of the molecule is CC1([N])CCCCC1. The summed E-state index contributed by atoms with van der Waals surface area (Å²) in [6.07, 6.45) is 5.76. The van der Waals surface area contributed by atoms with Crippen LogP contribution in [0.25, 0.3) is 0 Å². The van der Waals surface area contributed by atoms with Gasteiger partial charge in [-0.3, -0.25) is 0 Å². The Morgan fingerprint density at radius 1 is 1.12 bits per heavy atom. The second kappa shape index (κ2) is 2.06. The van der Waals surface area contributed by atoms with E-state index >= 15 is 0 Å². The number of nitrogens with zero attached hydrogens (tertiary/aromatic N) is 1. The van der Waals surface area contributed by atoms with Gasteiger partial charge in [-0.1, -0.05) is 19.3 Å². The van der Waals surface area contributed by atoms with Crippen molar-refractivity contribution in [1.82, 2.24) is 5.73 Å². The maximum Gasteiger partial charge on any atom is 0.0515 e. The minimum atomic E-state index is -0.321. The van der Waals surface area contributed by atoms with Crippen LogP contribution in [0.2, 0.25) is 0 Å². The summed E-state index contributed by atoms with van der Waals surface area (Å²) in [6.45, 7) is 1.94. The maximum absolute atomic E-state index is 9.37. The van der Waals surface area contributed by atoms with Crippen LogP contribution in [-0.4, -0.2) is 5.54 Å². The molecule has 8 heavy (non-hydrogen) atoms. The van der Waals surface area contributed by atoms with Gasteiger partial charge in [-0.15, -0.1) is 5.73 Å². The Kier molecular flexibility index (Phi) is 1.57. The Labute approximate surface area is 51.3 Å². The summed E-state index contributed by atoms with van der Waals surface area (Å²) in [6, 6.07) is 0. The summed E-state index contributed by atoms with van der Waals surface area (Å²) in [5, 5.41) is 0. The van der Waals surface area contributed by atoms with Crippen molar-refractivity contribution in [2.24, 2.45) is 0 Å². The van der Waals surface area contributed by atoms with Gasteiger partial charge < -0.3 is 0 Å². The molecular weight excluding hydrogens is 98.1 g/mol. The Hall–Kier alpha value is -0.0400. The lowest BCUT2D eigenvalue weighted by Crippen LogP contribution is -2.28. The molecule has 0 aromatic carbocycles. The van der Waals surface area contributed by atoms with Gasteiger partial charge in [0.2, 0.25) is 0 Å². The van der Waals surface area contributed by atoms with Gasteiger partial charge in [0.25, 0.3) is 0 Å². The highest BCUT2D eigenvalue weighted by molar-refractivity contribution is 4.80. The van der Waals surface area contributed by atoms with Gasteiger partial charge in [0.05, 0.1) is 5.54 Å². The molecule has 0 unspecified atom stereocenters. The minimum Gasteiger partial charge on any atom is -0.138 e. The van der Waals surface area contributed by atoms with E-state index in [-0.39, 0.29) is 5.54 Å². The fourth-order valence-corrected chi connectivity index (χ4v) is 1.31. The van der Waals surface area contributed by atoms with E-state index in [1.807, 2.05) is 6.92 Å². The molecular formula is C7H13N. The molecule has 0 heterocycles. The van der Waals surface area contributed by atoms with Crippen LogP contribution in [-0.2, 0) is 0 Å². The molecule has 1 fully saturated rings. The molecule has 1 aliphatic rings. The molecule has 0 N–H and O–H groups in total. The standard InChI is InChI=1S/C7H13N/c1-7(8)5-3-2-4-6-7/h2-6H2,1H3. The van der Waals surface area contributed by atoms with Gasteiger partial charge in [0.1, 0.15) is 0 Å². The van der Waals surface area contributed by atoms with Gasteiger partial charge in [0, 0.05) is 0 Å². The van der Waals surface area contributed by atoms with Crippen LogP contribution in [0.15, 0.2) is 0 Å². The predicted molar refractivity (Wildman–Crippen MR) is 33.6 cm³/mol. The Morgan fingerprint density at radius 3 is 1.88 bits per heavy atom. The Balaban J connectivity index is 2.33. The Morgan fingerprint density at radius 2 is 1.62 bits per heavy atom. The van der Waals surface area contributed by atoms with Crippen molar-refractivity contribution >= 4 is 0 Å². The molecule has 1 rings (SSSR count). The number of hydrogen-bond acceptors (Lipinski definition) is 0. The smallest absolute Gasteiger partial charge is 0.0515 e. The summed E-state index contributed by atoms with van der Waals surface area (Å²) in [5.41, 5.74) is 9.05. The second-order valence-corrected chi connectivity index (χ2v) is 3.06. The highest BCUT2D eigenvalue weighted by Gasteiger charge is 2.22. The lowest BCUT2D eigenvalue weighted by atomic mass is 9.84. The molecule has 0 saturated heterocycles. The third-order valence-corrected chi connectivity index (χ3v) is 1.93. The first-order valence-electron chi connectivity index (χ1n) is 3.43. The highest BCUT2D eigenvalue weighted by atomic mass is 14.7. The van der Waals surface area contributed by atoms with Crippen molar-refractivity contribution in [3.63, 3.8) is 0 Å². The number of hydrogen-bond donors (Lipinski definition) is 0. The fourth-order valence-electron chi connectivity index (χ4n) is 1.31. The monoisotopic (exact) mass is 111 g/mol. The summed E-state index contributed by atoms with van der Waals surface area (Å²) in [4.78, 5) is 0. The van der Waals surface area contributed by atoms with Crippen LogP contribution in [0.4, 0.5) is 0 Å². The molecule has 0 spiro atoms. The van der Waals surface area contributed by atoms with Crippen molar-refractivity contribution in [2.75, 3.05) is 0 Å². The average molecular weight is 111 g/mol. The quantitative estimate of drug-likeness (QED) is 0.454. The van der Waals surface area contributed by atoms with E-state index in [0.29, 0.717) is 0 Å². The minimum absolute atomic E-state index is 0.321. The molecule has 1 heteroatoms. The predicted octanol–water partition coefficient (Wildman–Crippen LogP) is 1.78. The molecule has 0 aromatic rings. The second-order valence-electron chi connectivity index (χ2n) is 3.06. The van der Waals surface area contributed by atoms with E-state index in [9.17, 15) is 5.73 Å². The van der Waals surface area contributed by atoms with E-state index in [4.69, 9.17) is 0 Å². The normalized spacial score (nSPS) is 27.8. The first-order chi connectivity index (χ1) is 3.71. The zero-order valence-corrected chi connectivity index (χ0v) is 5.48. The molecule has 0 atom stereocenters. The van der Waals surface area contributed by atoms with Crippen molar-refractivity contribution in [2.45, 2.75) is 44.6 Å². The molecule has 0 bridgehead atoms. The van der Waals surface area contributed by atoms with E-state index in [1.54, 1.807) is 0 Å². The third kappa shape index (κ3) is 1.48. The summed E-state index contributed by atoms with van der Waals surface area (Å²) in [5.74, 6) is 0. The van der Waals surface area contributed by atoms with E-state index in [0.717, 1.165) is 12.8 Å². The van der Waals surface area contributed by atoms with E-state index in [2.05, 4.69) is 0 Å². The van der Waals surface area contributed by atoms with Gasteiger partial charge in [-0.05, 0) is 19.8 Å². The summed E-state index contributed by atoms with van der Waals surface area (Å²) in [7, 11) is 0. The molecule has 1 saturated carbocycles. The van der Waals surface area contributed by atoms with Crippen molar-refractivity contribution in [3.8, 4) is 0 Å². The zero-order valence-electron chi connectivity index (χ0n) is 5.48. The van der Waals surface area contributed by atoms with Gasteiger partial charge >= 0.3 is 0 Å². The third-order valence-electron chi connectivity index (χ3n) is 1.93. The molecule has 2 radical (unpaired) electrons. The van der Waals surface area contributed by atoms with Gasteiger partial charge in [-0.25, -0.2) is 0 Å². The number of rotatable bonds is 0. The van der Waals surface area contributed by atoms with Crippen LogP contribution in [0.3, 0.4) is 0 Å². The lowest BCUT2D eigenvalue weighted by molar-refractivity contribution is 0.312. The molecule has 1 aliphatic carbocycles. The Bertz CT molecular complexity index is 68.5. The molecule has 46 valence electrons. The topological polar surface area (TPSA) is 22.3 Å². The first-order valence-corrected chi connectivity index (χ1v) is 3.43. The van der Waals surface area contributed by atoms with Crippen molar-refractivity contribution < 1.29 is 0 Å². The molecule has 0 aromatic heterocycles. The highest BCUT2D eigenvalue weighted by Crippen LogP contribution is 2.25. The van der Waals surface area contributed by atoms with Crippen LogP contribution >= 0.6 is 0 Å². The van der Waals surface area contributed by atoms with Crippen LogP contribution < -0.4 is 5.73 Å². The van der Waals surface area contributed by atoms with E-state index < -0.39 is 0 Å².